The highest BCUT2D eigenvalue weighted by Crippen LogP contribution is 2.26. The van der Waals surface area contributed by atoms with Crippen LogP contribution in [0, 0.1) is 5.82 Å². The molecule has 106 valence electrons. The molecule has 2 aromatic carbocycles. The van der Waals surface area contributed by atoms with Crippen LogP contribution in [0.3, 0.4) is 0 Å². The first-order valence-corrected chi connectivity index (χ1v) is 7.39. The minimum Gasteiger partial charge on any atom is -0.388 e. The van der Waals surface area contributed by atoms with Gasteiger partial charge in [-0.2, -0.15) is 0 Å². The van der Waals surface area contributed by atoms with E-state index >= 15 is 0 Å². The van der Waals surface area contributed by atoms with Gasteiger partial charge in [-0.15, -0.1) is 0 Å². The highest BCUT2D eigenvalue weighted by molar-refractivity contribution is 9.10. The molecular formula is C17H13BrFNO. The second-order valence-electron chi connectivity index (χ2n) is 4.91. The van der Waals surface area contributed by atoms with Gasteiger partial charge in [-0.1, -0.05) is 34.1 Å². The monoisotopic (exact) mass is 345 g/mol. The molecule has 1 unspecified atom stereocenters. The maximum atomic E-state index is 13.1. The predicted molar refractivity (Wildman–Crippen MR) is 84.5 cm³/mol. The van der Waals surface area contributed by atoms with E-state index in [4.69, 9.17) is 0 Å². The van der Waals surface area contributed by atoms with Gasteiger partial charge in [-0.25, -0.2) is 4.39 Å². The van der Waals surface area contributed by atoms with Crippen LogP contribution in [0.1, 0.15) is 17.2 Å². The highest BCUT2D eigenvalue weighted by Gasteiger charge is 2.12. The lowest BCUT2D eigenvalue weighted by Crippen LogP contribution is -2.02. The Labute approximate surface area is 130 Å². The first-order chi connectivity index (χ1) is 10.1. The Balaban J connectivity index is 1.87. The summed E-state index contributed by atoms with van der Waals surface area (Å²) in [6.45, 7) is 0. The molecule has 0 fully saturated rings. The Bertz CT molecular complexity index is 791. The first kappa shape index (κ1) is 14.2. The highest BCUT2D eigenvalue weighted by atomic mass is 79.9. The Morgan fingerprint density at radius 3 is 2.81 bits per heavy atom. The van der Waals surface area contributed by atoms with Gasteiger partial charge < -0.3 is 5.11 Å². The quantitative estimate of drug-likeness (QED) is 0.762. The van der Waals surface area contributed by atoms with Crippen LogP contribution < -0.4 is 0 Å². The van der Waals surface area contributed by atoms with Crippen molar-refractivity contribution in [2.24, 2.45) is 0 Å². The topological polar surface area (TPSA) is 33.1 Å². The van der Waals surface area contributed by atoms with Crippen molar-refractivity contribution < 1.29 is 9.50 Å². The predicted octanol–water partition coefficient (Wildman–Crippen LogP) is 4.41. The number of halogens is 2. The summed E-state index contributed by atoms with van der Waals surface area (Å²) in [5.41, 5.74) is 2.60. The summed E-state index contributed by atoms with van der Waals surface area (Å²) in [6, 6.07) is 14.0. The van der Waals surface area contributed by atoms with Crippen molar-refractivity contribution in [1.29, 1.82) is 0 Å². The molecule has 0 aliphatic carbocycles. The zero-order chi connectivity index (χ0) is 14.8. The van der Waals surface area contributed by atoms with E-state index in [1.54, 1.807) is 12.3 Å². The van der Waals surface area contributed by atoms with Gasteiger partial charge in [0.2, 0.25) is 0 Å². The smallest absolute Gasteiger partial charge is 0.124 e. The zero-order valence-corrected chi connectivity index (χ0v) is 12.7. The summed E-state index contributed by atoms with van der Waals surface area (Å²) in [5, 5.41) is 11.4. The van der Waals surface area contributed by atoms with Crippen LogP contribution in [0.2, 0.25) is 0 Å². The van der Waals surface area contributed by atoms with Crippen LogP contribution in [-0.4, -0.2) is 10.1 Å². The molecular weight excluding hydrogens is 333 g/mol. The molecule has 0 aliphatic heterocycles. The van der Waals surface area contributed by atoms with Crippen LogP contribution in [0.25, 0.3) is 10.9 Å². The van der Waals surface area contributed by atoms with E-state index in [2.05, 4.69) is 20.9 Å². The second-order valence-corrected chi connectivity index (χ2v) is 5.77. The minimum absolute atomic E-state index is 0.295. The number of nitrogens with zero attached hydrogens (tertiary/aromatic N) is 1. The van der Waals surface area contributed by atoms with Gasteiger partial charge in [-0.3, -0.25) is 4.98 Å². The summed E-state index contributed by atoms with van der Waals surface area (Å²) in [5.74, 6) is -0.295. The number of aromatic nitrogens is 1. The van der Waals surface area contributed by atoms with Crippen molar-refractivity contribution in [1.82, 2.24) is 4.98 Å². The molecule has 3 rings (SSSR count). The average molecular weight is 346 g/mol. The fourth-order valence-electron chi connectivity index (χ4n) is 2.31. The van der Waals surface area contributed by atoms with Gasteiger partial charge in [0.1, 0.15) is 5.82 Å². The fourth-order valence-corrected chi connectivity index (χ4v) is 2.83. The maximum absolute atomic E-state index is 13.1. The van der Waals surface area contributed by atoms with Gasteiger partial charge in [0.05, 0.1) is 11.6 Å². The maximum Gasteiger partial charge on any atom is 0.124 e. The van der Waals surface area contributed by atoms with Crippen LogP contribution in [0.5, 0.6) is 0 Å². The molecule has 4 heteroatoms. The summed E-state index contributed by atoms with van der Waals surface area (Å²) in [6.07, 6.45) is 1.53. The molecule has 1 N–H and O–H groups in total. The van der Waals surface area contributed by atoms with Crippen molar-refractivity contribution in [3.8, 4) is 0 Å². The Hall–Kier alpha value is -1.78. The molecule has 0 saturated heterocycles. The Morgan fingerprint density at radius 2 is 2.00 bits per heavy atom. The lowest BCUT2D eigenvalue weighted by molar-refractivity contribution is 0.178. The first-order valence-electron chi connectivity index (χ1n) is 6.60. The summed E-state index contributed by atoms with van der Waals surface area (Å²) in [7, 11) is 0. The molecule has 0 spiro atoms. The van der Waals surface area contributed by atoms with E-state index in [0.29, 0.717) is 10.9 Å². The molecule has 0 amide bonds. The van der Waals surface area contributed by atoms with E-state index in [1.165, 1.54) is 12.1 Å². The van der Waals surface area contributed by atoms with Crippen molar-refractivity contribution >= 4 is 26.8 Å². The number of fused-ring (bicyclic) bond motifs is 1. The lowest BCUT2D eigenvalue weighted by atomic mass is 10.00. The number of aliphatic hydroxyl groups excluding tert-OH is 1. The molecule has 3 aromatic rings. The molecule has 0 saturated carbocycles. The SMILES string of the molecule is OC(Cc1ccc(F)cc1Br)c1ccc2ncccc2c1. The average Bonchev–Trinajstić information content (AvgIpc) is 2.49. The Kier molecular flexibility index (Phi) is 3.99. The number of pyridine rings is 1. The molecule has 1 heterocycles. The zero-order valence-electron chi connectivity index (χ0n) is 11.1. The summed E-state index contributed by atoms with van der Waals surface area (Å²) < 4.78 is 13.8. The third-order valence-corrected chi connectivity index (χ3v) is 4.18. The molecule has 1 atom stereocenters. The van der Waals surface area contributed by atoms with Crippen molar-refractivity contribution in [3.63, 3.8) is 0 Å². The van der Waals surface area contributed by atoms with E-state index < -0.39 is 6.10 Å². The van der Waals surface area contributed by atoms with Gasteiger partial charge in [0.25, 0.3) is 0 Å². The third kappa shape index (κ3) is 3.12. The van der Waals surface area contributed by atoms with E-state index in [0.717, 1.165) is 22.0 Å². The van der Waals surface area contributed by atoms with Gasteiger partial charge in [0.15, 0.2) is 0 Å². The molecule has 1 aromatic heterocycles. The molecule has 0 aliphatic rings. The van der Waals surface area contributed by atoms with E-state index in [9.17, 15) is 9.50 Å². The molecule has 21 heavy (non-hydrogen) atoms. The summed E-state index contributed by atoms with van der Waals surface area (Å²) in [4.78, 5) is 4.26. The van der Waals surface area contributed by atoms with Gasteiger partial charge in [-0.05, 0) is 41.5 Å². The van der Waals surface area contributed by atoms with Gasteiger partial charge >= 0.3 is 0 Å². The number of aliphatic hydroxyl groups is 1. The van der Waals surface area contributed by atoms with Crippen LogP contribution in [0.15, 0.2) is 59.2 Å². The number of rotatable bonds is 3. The van der Waals surface area contributed by atoms with Crippen molar-refractivity contribution in [2.45, 2.75) is 12.5 Å². The second kappa shape index (κ2) is 5.92. The van der Waals surface area contributed by atoms with E-state index in [1.807, 2.05) is 30.3 Å². The van der Waals surface area contributed by atoms with Gasteiger partial charge in [0, 0.05) is 22.5 Å². The van der Waals surface area contributed by atoms with Crippen molar-refractivity contribution in [3.05, 3.63) is 76.1 Å². The van der Waals surface area contributed by atoms with Crippen LogP contribution in [0.4, 0.5) is 4.39 Å². The van der Waals surface area contributed by atoms with Crippen LogP contribution in [-0.2, 0) is 6.42 Å². The normalized spacial score (nSPS) is 12.5. The van der Waals surface area contributed by atoms with Crippen molar-refractivity contribution in [2.75, 3.05) is 0 Å². The molecule has 0 radical (unpaired) electrons. The Morgan fingerprint density at radius 1 is 1.14 bits per heavy atom. The third-order valence-electron chi connectivity index (χ3n) is 3.44. The standard InChI is InChI=1S/C17H13BrFNO/c18-15-10-14(19)5-3-11(15)9-17(21)13-4-6-16-12(8-13)2-1-7-20-16/h1-8,10,17,21H,9H2. The summed E-state index contributed by atoms with van der Waals surface area (Å²) >= 11 is 3.33. The minimum atomic E-state index is -0.642. The largest absolute Gasteiger partial charge is 0.388 e. The van der Waals surface area contributed by atoms with E-state index in [-0.39, 0.29) is 5.82 Å². The number of hydrogen-bond donors (Lipinski definition) is 1. The lowest BCUT2D eigenvalue weighted by Gasteiger charge is -2.13. The molecule has 2 nitrogen and oxygen atoms in total. The fraction of sp³-hybridized carbons (Fsp3) is 0.118. The molecule has 0 bridgehead atoms. The number of benzene rings is 2. The van der Waals surface area contributed by atoms with Crippen LogP contribution >= 0.6 is 15.9 Å². The number of hydrogen-bond acceptors (Lipinski definition) is 2.